The van der Waals surface area contributed by atoms with Gasteiger partial charge in [0.25, 0.3) is 8.32 Å². The minimum atomic E-state index is -2.07. The van der Waals surface area contributed by atoms with Crippen LogP contribution in [0, 0.1) is 0 Å². The summed E-state index contributed by atoms with van der Waals surface area (Å²) in [7, 11) is -0.451. The highest BCUT2D eigenvalue weighted by atomic mass is 28.4. The van der Waals surface area contributed by atoms with E-state index < -0.39 is 8.32 Å². The normalized spacial score (nSPS) is 12.2. The fourth-order valence-corrected chi connectivity index (χ4v) is 2.95. The van der Waals surface area contributed by atoms with Crippen molar-refractivity contribution in [1.29, 1.82) is 0 Å². The number of ether oxygens (including phenoxy) is 4. The zero-order valence-corrected chi connectivity index (χ0v) is 19.2. The summed E-state index contributed by atoms with van der Waals surface area (Å²) in [5.74, 6) is 0.939. The first-order valence-electron chi connectivity index (χ1n) is 9.48. The van der Waals surface area contributed by atoms with Gasteiger partial charge in [0.15, 0.2) is 6.79 Å². The van der Waals surface area contributed by atoms with Gasteiger partial charge in [-0.25, -0.2) is 4.79 Å². The molecule has 0 amide bonds. The lowest BCUT2D eigenvalue weighted by Gasteiger charge is -2.37. The molecule has 0 aliphatic rings. The van der Waals surface area contributed by atoms with Crippen LogP contribution in [-0.2, 0) is 19.0 Å². The van der Waals surface area contributed by atoms with E-state index in [0.29, 0.717) is 31.3 Å². The summed E-state index contributed by atoms with van der Waals surface area (Å²) < 4.78 is 27.4. The third-order valence-corrected chi connectivity index (χ3v) is 8.93. The minimum absolute atomic E-state index is 0.0370. The summed E-state index contributed by atoms with van der Waals surface area (Å²) in [5, 5.41) is 0.0370. The zero-order valence-electron chi connectivity index (χ0n) is 18.2. The molecule has 7 heteroatoms. The Morgan fingerprint density at radius 2 is 1.89 bits per heavy atom. The molecule has 0 fully saturated rings. The van der Waals surface area contributed by atoms with Crippen LogP contribution in [0.5, 0.6) is 11.5 Å². The van der Waals surface area contributed by atoms with Gasteiger partial charge in [-0.05, 0) is 43.3 Å². The number of rotatable bonds is 11. The molecule has 1 aromatic rings. The van der Waals surface area contributed by atoms with Gasteiger partial charge in [0.05, 0.1) is 19.8 Å². The maximum atomic E-state index is 11.7. The van der Waals surface area contributed by atoms with E-state index in [1.807, 2.05) is 18.2 Å². The smallest absolute Gasteiger partial charge is 0.330 e. The van der Waals surface area contributed by atoms with Crippen LogP contribution in [-0.4, -0.2) is 48.0 Å². The van der Waals surface area contributed by atoms with E-state index in [-0.39, 0.29) is 17.8 Å². The molecular weight excluding hydrogens is 376 g/mol. The Kier molecular flexibility index (Phi) is 9.71. The number of benzene rings is 1. The molecule has 0 spiro atoms. The maximum Gasteiger partial charge on any atom is 0.330 e. The van der Waals surface area contributed by atoms with Crippen molar-refractivity contribution in [1.82, 2.24) is 0 Å². The SMILES string of the molecule is CCOC(=O)C=Cc1ccc(OCOCCOC)cc1O[Si](C)(C)C(C)(C)C. The molecule has 0 radical (unpaired) electrons. The maximum absolute atomic E-state index is 11.7. The summed E-state index contributed by atoms with van der Waals surface area (Å²) in [6.45, 7) is 14.1. The summed E-state index contributed by atoms with van der Waals surface area (Å²) in [5.41, 5.74) is 0.797. The van der Waals surface area contributed by atoms with Crippen molar-refractivity contribution in [3.8, 4) is 11.5 Å². The van der Waals surface area contributed by atoms with Crippen molar-refractivity contribution in [2.75, 3.05) is 33.7 Å². The molecule has 0 aliphatic carbocycles. The molecule has 6 nitrogen and oxygen atoms in total. The number of esters is 1. The number of carbonyl (C=O) groups is 1. The number of methoxy groups -OCH3 is 1. The Balaban J connectivity index is 3.02. The standard InChI is InChI=1S/C21H34O6Si/c1-8-25-20(22)12-10-17-9-11-18(26-16-24-14-13-23-5)15-19(17)27-28(6,7)21(2,3)4/h9-12,15H,8,13-14,16H2,1-7H3. The van der Waals surface area contributed by atoms with E-state index in [9.17, 15) is 4.79 Å². The van der Waals surface area contributed by atoms with Gasteiger partial charge in [0, 0.05) is 24.8 Å². The fourth-order valence-electron chi connectivity index (χ4n) is 1.92. The van der Waals surface area contributed by atoms with Crippen LogP contribution in [0.2, 0.25) is 18.1 Å². The third-order valence-electron chi connectivity index (χ3n) is 4.58. The van der Waals surface area contributed by atoms with E-state index in [0.717, 1.165) is 5.56 Å². The summed E-state index contributed by atoms with van der Waals surface area (Å²) in [6, 6.07) is 5.52. The van der Waals surface area contributed by atoms with Crippen LogP contribution in [0.3, 0.4) is 0 Å². The first-order chi connectivity index (χ1) is 13.1. The lowest BCUT2D eigenvalue weighted by molar-refractivity contribution is -0.137. The lowest BCUT2D eigenvalue weighted by atomic mass is 10.2. The zero-order chi connectivity index (χ0) is 21.2. The topological polar surface area (TPSA) is 63.2 Å². The Hall–Kier alpha value is -1.83. The third kappa shape index (κ3) is 8.04. The van der Waals surface area contributed by atoms with Gasteiger partial charge in [-0.3, -0.25) is 0 Å². The molecule has 1 rings (SSSR count). The van der Waals surface area contributed by atoms with Crippen LogP contribution in [0.15, 0.2) is 24.3 Å². The minimum Gasteiger partial charge on any atom is -0.543 e. The molecule has 0 bridgehead atoms. The fraction of sp³-hybridized carbons (Fsp3) is 0.571. The van der Waals surface area contributed by atoms with Crippen molar-refractivity contribution in [3.63, 3.8) is 0 Å². The number of hydrogen-bond acceptors (Lipinski definition) is 6. The summed E-state index contributed by atoms with van der Waals surface area (Å²) >= 11 is 0. The molecule has 0 atom stereocenters. The Bertz CT molecular complexity index is 649. The number of carbonyl (C=O) groups excluding carboxylic acids is 1. The lowest BCUT2D eigenvalue weighted by Crippen LogP contribution is -2.44. The Morgan fingerprint density at radius 3 is 2.50 bits per heavy atom. The van der Waals surface area contributed by atoms with Gasteiger partial charge in [-0.2, -0.15) is 0 Å². The molecule has 0 heterocycles. The monoisotopic (exact) mass is 410 g/mol. The van der Waals surface area contributed by atoms with Gasteiger partial charge in [-0.1, -0.05) is 20.8 Å². The molecule has 0 saturated carbocycles. The average molecular weight is 411 g/mol. The highest BCUT2D eigenvalue weighted by Crippen LogP contribution is 2.39. The Labute approximate surface area is 169 Å². The molecule has 0 unspecified atom stereocenters. The predicted octanol–water partition coefficient (Wildman–Crippen LogP) is 4.65. The first kappa shape index (κ1) is 24.2. The van der Waals surface area contributed by atoms with E-state index in [2.05, 4.69) is 33.9 Å². The van der Waals surface area contributed by atoms with Crippen LogP contribution >= 0.6 is 0 Å². The van der Waals surface area contributed by atoms with Gasteiger partial charge < -0.3 is 23.4 Å². The van der Waals surface area contributed by atoms with Gasteiger partial charge in [0.1, 0.15) is 11.5 Å². The average Bonchev–Trinajstić information content (AvgIpc) is 2.60. The van der Waals surface area contributed by atoms with E-state index in [4.69, 9.17) is 23.4 Å². The van der Waals surface area contributed by atoms with Crippen molar-refractivity contribution in [3.05, 3.63) is 29.8 Å². The molecule has 0 aromatic heterocycles. The predicted molar refractivity (Wildman–Crippen MR) is 113 cm³/mol. The number of hydrogen-bond donors (Lipinski definition) is 0. The van der Waals surface area contributed by atoms with Gasteiger partial charge >= 0.3 is 5.97 Å². The molecule has 0 N–H and O–H groups in total. The molecular formula is C21H34O6Si. The second kappa shape index (κ2) is 11.2. The first-order valence-corrected chi connectivity index (χ1v) is 12.4. The molecule has 1 aromatic carbocycles. The van der Waals surface area contributed by atoms with Crippen LogP contribution < -0.4 is 9.16 Å². The molecule has 158 valence electrons. The van der Waals surface area contributed by atoms with Gasteiger partial charge in [0.2, 0.25) is 0 Å². The highest BCUT2D eigenvalue weighted by molar-refractivity contribution is 6.74. The van der Waals surface area contributed by atoms with Crippen LogP contribution in [0.1, 0.15) is 33.3 Å². The summed E-state index contributed by atoms with van der Waals surface area (Å²) in [4.78, 5) is 11.7. The van der Waals surface area contributed by atoms with E-state index in [1.165, 1.54) is 6.08 Å². The van der Waals surface area contributed by atoms with Crippen LogP contribution in [0.4, 0.5) is 0 Å². The quantitative estimate of drug-likeness (QED) is 0.174. The largest absolute Gasteiger partial charge is 0.543 e. The van der Waals surface area contributed by atoms with Crippen molar-refractivity contribution >= 4 is 20.4 Å². The second-order valence-electron chi connectivity index (χ2n) is 7.81. The molecule has 28 heavy (non-hydrogen) atoms. The van der Waals surface area contributed by atoms with Crippen molar-refractivity contribution in [2.45, 2.75) is 45.8 Å². The molecule has 0 saturated heterocycles. The highest BCUT2D eigenvalue weighted by Gasteiger charge is 2.39. The Morgan fingerprint density at radius 1 is 1.18 bits per heavy atom. The van der Waals surface area contributed by atoms with E-state index in [1.54, 1.807) is 20.1 Å². The summed E-state index contributed by atoms with van der Waals surface area (Å²) in [6.07, 6.45) is 3.12. The van der Waals surface area contributed by atoms with Crippen molar-refractivity contribution in [2.24, 2.45) is 0 Å². The van der Waals surface area contributed by atoms with Crippen molar-refractivity contribution < 1.29 is 28.2 Å². The van der Waals surface area contributed by atoms with Gasteiger partial charge in [-0.15, -0.1) is 0 Å². The van der Waals surface area contributed by atoms with E-state index >= 15 is 0 Å². The molecule has 0 aliphatic heterocycles. The van der Waals surface area contributed by atoms with Crippen LogP contribution in [0.25, 0.3) is 6.08 Å². The second-order valence-corrected chi connectivity index (χ2v) is 12.5.